The molecule has 0 spiro atoms. The van der Waals surface area contributed by atoms with Gasteiger partial charge >= 0.3 is 0 Å². The van der Waals surface area contributed by atoms with Crippen molar-refractivity contribution < 1.29 is 4.79 Å². The molecule has 0 unspecified atom stereocenters. The number of carbonyl (C=O) groups is 1. The Bertz CT molecular complexity index is 151. The average molecular weight is 141 g/mol. The fourth-order valence-corrected chi connectivity index (χ4v) is 0.426. The van der Waals surface area contributed by atoms with Gasteiger partial charge in [-0.3, -0.25) is 4.79 Å². The number of hydrogen-bond donors (Lipinski definition) is 2. The number of nitrogens with one attached hydrogen (secondary N) is 2. The highest BCUT2D eigenvalue weighted by atomic mass is 16.1. The first kappa shape index (κ1) is 8.68. The number of hydrogen-bond acceptors (Lipinski definition) is 3. The number of amides is 1. The van der Waals surface area contributed by atoms with E-state index in [0.29, 0.717) is 12.2 Å². The van der Waals surface area contributed by atoms with Crippen molar-refractivity contribution >= 4 is 12.6 Å². The molecule has 0 rings (SSSR count). The zero-order chi connectivity index (χ0) is 7.82. The van der Waals surface area contributed by atoms with Crippen molar-refractivity contribution in [3.05, 3.63) is 12.0 Å². The Balaban J connectivity index is 3.90. The van der Waals surface area contributed by atoms with Crippen molar-refractivity contribution in [2.75, 3.05) is 7.05 Å². The first-order valence-electron chi connectivity index (χ1n) is 2.91. The van der Waals surface area contributed by atoms with Gasteiger partial charge in [-0.25, -0.2) is 4.99 Å². The van der Waals surface area contributed by atoms with Gasteiger partial charge < -0.3 is 10.6 Å². The van der Waals surface area contributed by atoms with Crippen LogP contribution in [-0.2, 0) is 4.79 Å². The molecule has 0 bridgehead atoms. The molecule has 56 valence electrons. The molecule has 10 heavy (non-hydrogen) atoms. The van der Waals surface area contributed by atoms with E-state index in [4.69, 9.17) is 0 Å². The van der Waals surface area contributed by atoms with Crippen molar-refractivity contribution in [1.82, 2.24) is 10.6 Å². The second-order valence-electron chi connectivity index (χ2n) is 1.45. The Kier molecular flexibility index (Phi) is 5.04. The summed E-state index contributed by atoms with van der Waals surface area (Å²) in [7, 11) is 1.73. The molecule has 0 atom stereocenters. The van der Waals surface area contributed by atoms with Crippen LogP contribution in [0.3, 0.4) is 0 Å². The number of carbonyl (C=O) groups excluding carboxylic acids is 1. The predicted octanol–water partition coefficient (Wildman–Crippen LogP) is -0.159. The second kappa shape index (κ2) is 5.81. The van der Waals surface area contributed by atoms with Crippen LogP contribution < -0.4 is 10.6 Å². The third-order valence-electron chi connectivity index (χ3n) is 0.812. The van der Waals surface area contributed by atoms with Crippen LogP contribution in [0.15, 0.2) is 17.0 Å². The fourth-order valence-electron chi connectivity index (χ4n) is 0.426. The lowest BCUT2D eigenvalue weighted by atomic mass is 10.7. The summed E-state index contributed by atoms with van der Waals surface area (Å²) in [6.45, 7) is 1.80. The Labute approximate surface area is 60.0 Å². The van der Waals surface area contributed by atoms with Crippen LogP contribution in [0.5, 0.6) is 0 Å². The van der Waals surface area contributed by atoms with Gasteiger partial charge in [-0.15, -0.1) is 0 Å². The monoisotopic (exact) mass is 141 g/mol. The zero-order valence-electron chi connectivity index (χ0n) is 6.09. The van der Waals surface area contributed by atoms with Gasteiger partial charge in [0.1, 0.15) is 5.82 Å². The van der Waals surface area contributed by atoms with Gasteiger partial charge in [-0.1, -0.05) is 0 Å². The molecule has 0 radical (unpaired) electrons. The molecule has 0 saturated carbocycles. The minimum Gasteiger partial charge on any atom is -0.372 e. The van der Waals surface area contributed by atoms with Crippen molar-refractivity contribution in [1.29, 1.82) is 0 Å². The van der Waals surface area contributed by atoms with E-state index < -0.39 is 0 Å². The minimum absolute atomic E-state index is 0.586. The van der Waals surface area contributed by atoms with Gasteiger partial charge in [-0.2, -0.15) is 0 Å². The molecule has 0 fully saturated rings. The second-order valence-corrected chi connectivity index (χ2v) is 1.45. The fraction of sp³-hybridized carbons (Fsp3) is 0.333. The molecule has 1 amide bonds. The maximum Gasteiger partial charge on any atom is 0.211 e. The van der Waals surface area contributed by atoms with Gasteiger partial charge in [-0.05, 0) is 6.92 Å². The average Bonchev–Trinajstić information content (AvgIpc) is 1.98. The molecule has 0 aromatic rings. The van der Waals surface area contributed by atoms with Crippen molar-refractivity contribution in [3.63, 3.8) is 0 Å². The molecule has 4 nitrogen and oxygen atoms in total. The number of rotatable bonds is 4. The van der Waals surface area contributed by atoms with E-state index >= 15 is 0 Å². The van der Waals surface area contributed by atoms with Crippen LogP contribution in [0.4, 0.5) is 0 Å². The van der Waals surface area contributed by atoms with Crippen LogP contribution in [0, 0.1) is 0 Å². The van der Waals surface area contributed by atoms with Crippen LogP contribution in [0.2, 0.25) is 0 Å². The standard InChI is InChI=1S/C6H11N3O/c1-3-9-6(7-2)4-8-5-10/h3-5,7H,1-2H3,(H,8,10)/b6-4-,9-3-. The number of aliphatic imine (C=N–C) groups is 1. The summed E-state index contributed by atoms with van der Waals surface area (Å²) in [5.41, 5.74) is 0. The zero-order valence-corrected chi connectivity index (χ0v) is 6.09. The third kappa shape index (κ3) is 3.65. The lowest BCUT2D eigenvalue weighted by Gasteiger charge is -1.96. The lowest BCUT2D eigenvalue weighted by molar-refractivity contribution is -0.108. The molecule has 0 heterocycles. The summed E-state index contributed by atoms with van der Waals surface area (Å²) in [5.74, 6) is 0.620. The van der Waals surface area contributed by atoms with Crippen LogP contribution in [0.1, 0.15) is 6.92 Å². The molecule has 0 aromatic carbocycles. The Morgan fingerprint density at radius 2 is 2.30 bits per heavy atom. The van der Waals surface area contributed by atoms with E-state index in [1.54, 1.807) is 20.2 Å². The van der Waals surface area contributed by atoms with Gasteiger partial charge in [0, 0.05) is 19.5 Å². The van der Waals surface area contributed by atoms with Crippen molar-refractivity contribution in [2.24, 2.45) is 4.99 Å². The SMILES string of the molecule is C/C=N\C(=C/NC=O)NC. The maximum absolute atomic E-state index is 9.79. The normalized spacial score (nSPS) is 11.6. The van der Waals surface area contributed by atoms with Gasteiger partial charge in [0.2, 0.25) is 6.41 Å². The van der Waals surface area contributed by atoms with Crippen LogP contribution in [0.25, 0.3) is 0 Å². The van der Waals surface area contributed by atoms with Crippen molar-refractivity contribution in [2.45, 2.75) is 6.92 Å². The first-order valence-corrected chi connectivity index (χ1v) is 2.91. The lowest BCUT2D eigenvalue weighted by Crippen LogP contribution is -2.09. The molecule has 0 aliphatic rings. The van der Waals surface area contributed by atoms with E-state index in [9.17, 15) is 4.79 Å². The molecule has 0 aliphatic carbocycles. The molecule has 0 aromatic heterocycles. The Morgan fingerprint density at radius 1 is 1.60 bits per heavy atom. The van der Waals surface area contributed by atoms with Gasteiger partial charge in [0.05, 0.1) is 0 Å². The summed E-state index contributed by atoms with van der Waals surface area (Å²) in [6.07, 6.45) is 3.70. The van der Waals surface area contributed by atoms with E-state index in [2.05, 4.69) is 15.6 Å². The van der Waals surface area contributed by atoms with E-state index in [1.165, 1.54) is 6.20 Å². The van der Waals surface area contributed by atoms with E-state index in [1.807, 2.05) is 0 Å². The quantitative estimate of drug-likeness (QED) is 0.422. The smallest absolute Gasteiger partial charge is 0.211 e. The van der Waals surface area contributed by atoms with E-state index in [0.717, 1.165) is 0 Å². The molecule has 0 aliphatic heterocycles. The van der Waals surface area contributed by atoms with Crippen molar-refractivity contribution in [3.8, 4) is 0 Å². The minimum atomic E-state index is 0.586. The third-order valence-corrected chi connectivity index (χ3v) is 0.812. The molecule has 0 saturated heterocycles. The highest BCUT2D eigenvalue weighted by Crippen LogP contribution is 1.83. The Hall–Kier alpha value is -1.32. The van der Waals surface area contributed by atoms with Gasteiger partial charge in [0.15, 0.2) is 0 Å². The first-order chi connectivity index (χ1) is 4.85. The topological polar surface area (TPSA) is 53.5 Å². The maximum atomic E-state index is 9.79. The summed E-state index contributed by atoms with van der Waals surface area (Å²) < 4.78 is 0. The summed E-state index contributed by atoms with van der Waals surface area (Å²) in [4.78, 5) is 13.7. The predicted molar refractivity (Wildman–Crippen MR) is 40.5 cm³/mol. The summed E-state index contributed by atoms with van der Waals surface area (Å²) in [5, 5.41) is 5.14. The van der Waals surface area contributed by atoms with Gasteiger partial charge in [0.25, 0.3) is 0 Å². The Morgan fingerprint density at radius 3 is 2.70 bits per heavy atom. The van der Waals surface area contributed by atoms with Crippen LogP contribution >= 0.6 is 0 Å². The molecular formula is C6H11N3O. The number of nitrogens with zero attached hydrogens (tertiary/aromatic N) is 1. The summed E-state index contributed by atoms with van der Waals surface area (Å²) in [6, 6.07) is 0. The highest BCUT2D eigenvalue weighted by molar-refractivity contribution is 5.55. The molecule has 2 N–H and O–H groups in total. The van der Waals surface area contributed by atoms with Crippen LogP contribution in [-0.4, -0.2) is 19.7 Å². The molecular weight excluding hydrogens is 130 g/mol. The summed E-state index contributed by atoms with van der Waals surface area (Å²) >= 11 is 0. The molecule has 4 heteroatoms. The van der Waals surface area contributed by atoms with E-state index in [-0.39, 0.29) is 0 Å². The highest BCUT2D eigenvalue weighted by Gasteiger charge is 1.82. The largest absolute Gasteiger partial charge is 0.372 e.